The molecule has 10 nitrogen and oxygen atoms in total. The maximum atomic E-state index is 11.8. The molecular weight excluding hydrogens is 600 g/mol. The van der Waals surface area contributed by atoms with Gasteiger partial charge in [0.15, 0.2) is 12.7 Å². The third-order valence-corrected chi connectivity index (χ3v) is 7.82. The lowest BCUT2D eigenvalue weighted by Gasteiger charge is -2.27. The second kappa shape index (κ2) is 17.1. The Kier molecular flexibility index (Phi) is 12.7. The van der Waals surface area contributed by atoms with Crippen molar-refractivity contribution in [2.24, 2.45) is 0 Å². The highest BCUT2D eigenvalue weighted by Crippen LogP contribution is 2.26. The van der Waals surface area contributed by atoms with E-state index in [-0.39, 0.29) is 29.9 Å². The second-order valence-corrected chi connectivity index (χ2v) is 11.5. The van der Waals surface area contributed by atoms with Crippen LogP contribution in [-0.2, 0) is 29.0 Å². The first-order valence-electron chi connectivity index (χ1n) is 15.4. The quantitative estimate of drug-likeness (QED) is 0.151. The third-order valence-electron chi connectivity index (χ3n) is 7.82. The first kappa shape index (κ1) is 35.0. The van der Waals surface area contributed by atoms with Crippen molar-refractivity contribution in [1.82, 2.24) is 10.2 Å². The van der Waals surface area contributed by atoms with E-state index < -0.39 is 18.2 Å². The van der Waals surface area contributed by atoms with Crippen molar-refractivity contribution in [3.8, 4) is 17.2 Å². The molecule has 3 atom stereocenters. The van der Waals surface area contributed by atoms with Gasteiger partial charge in [-0.2, -0.15) is 0 Å². The molecule has 47 heavy (non-hydrogen) atoms. The molecule has 4 aromatic carbocycles. The van der Waals surface area contributed by atoms with E-state index in [2.05, 4.69) is 11.4 Å². The molecule has 0 radical (unpaired) electrons. The number of aryl methyl sites for hydroxylation is 1. The Morgan fingerprint density at radius 1 is 0.851 bits per heavy atom. The average Bonchev–Trinajstić information content (AvgIpc) is 3.09. The van der Waals surface area contributed by atoms with Crippen molar-refractivity contribution in [1.29, 1.82) is 0 Å². The van der Waals surface area contributed by atoms with Gasteiger partial charge in [-0.1, -0.05) is 60.7 Å². The fraction of sp³-hybridized carbons (Fsp3) is 0.297. The average molecular weight is 643 g/mol. The minimum absolute atomic E-state index is 0.0374. The standard InChI is InChI=1S/C29H34N2O4.C8H8O4/c1-31(2)29(33)20-35-27-15-9-22-8-12-25(16-24(22)17-27)30-18-28(32)23-10-13-26(14-11-23)34-19-21-6-4-3-5-7-21;9-6-3-1-5(2-4-6)7(10)8(11)12/h3-7,9-11,13-15,17,25,28,30,32H,8,12,16,18-20H2,1-2H3;1-4,7,9-10H,(H,11,12)/t25-,28-;7-/m01/s1. The molecule has 0 unspecified atom stereocenters. The molecule has 5 rings (SSSR count). The van der Waals surface area contributed by atoms with E-state index in [4.69, 9.17) is 24.8 Å². The van der Waals surface area contributed by atoms with Crippen LogP contribution in [0.5, 0.6) is 17.2 Å². The Hall–Kier alpha value is -4.90. The number of phenols is 1. The molecule has 1 aliphatic carbocycles. The number of rotatable bonds is 12. The molecule has 5 N–H and O–H groups in total. The van der Waals surface area contributed by atoms with E-state index >= 15 is 0 Å². The van der Waals surface area contributed by atoms with E-state index in [0.717, 1.165) is 36.1 Å². The van der Waals surface area contributed by atoms with E-state index in [0.29, 0.717) is 18.9 Å². The lowest BCUT2D eigenvalue weighted by molar-refractivity contribution is -0.147. The number of carboxylic acid groups (broad SMARTS) is 1. The van der Waals surface area contributed by atoms with E-state index in [1.807, 2.05) is 66.7 Å². The summed E-state index contributed by atoms with van der Waals surface area (Å²) >= 11 is 0. The largest absolute Gasteiger partial charge is 0.508 e. The summed E-state index contributed by atoms with van der Waals surface area (Å²) in [6.07, 6.45) is 0.753. The van der Waals surface area contributed by atoms with Crippen molar-refractivity contribution in [2.75, 3.05) is 27.2 Å². The first-order valence-corrected chi connectivity index (χ1v) is 15.4. The first-order chi connectivity index (χ1) is 22.6. The molecule has 0 saturated carbocycles. The molecule has 0 bridgehead atoms. The Morgan fingerprint density at radius 2 is 1.51 bits per heavy atom. The number of carboxylic acids is 1. The summed E-state index contributed by atoms with van der Waals surface area (Å²) in [5.41, 5.74) is 4.79. The number of carbonyl (C=O) groups is 2. The predicted molar refractivity (Wildman–Crippen MR) is 177 cm³/mol. The van der Waals surface area contributed by atoms with Crippen molar-refractivity contribution in [3.63, 3.8) is 0 Å². The van der Waals surface area contributed by atoms with Crippen LogP contribution in [-0.4, -0.2) is 70.5 Å². The lowest BCUT2D eigenvalue weighted by atomic mass is 9.88. The molecule has 0 aliphatic heterocycles. The van der Waals surface area contributed by atoms with Crippen LogP contribution >= 0.6 is 0 Å². The minimum Gasteiger partial charge on any atom is -0.508 e. The Morgan fingerprint density at radius 3 is 2.17 bits per heavy atom. The summed E-state index contributed by atoms with van der Waals surface area (Å²) in [5, 5.41) is 40.5. The highest BCUT2D eigenvalue weighted by Gasteiger charge is 2.20. The molecule has 1 aliphatic rings. The fourth-order valence-corrected chi connectivity index (χ4v) is 4.99. The highest BCUT2D eigenvalue weighted by molar-refractivity contribution is 5.77. The van der Waals surface area contributed by atoms with Gasteiger partial charge < -0.3 is 40.1 Å². The van der Waals surface area contributed by atoms with Gasteiger partial charge >= 0.3 is 5.97 Å². The molecule has 0 fully saturated rings. The number of aliphatic carboxylic acids is 1. The molecule has 10 heteroatoms. The maximum absolute atomic E-state index is 11.8. The van der Waals surface area contributed by atoms with Gasteiger partial charge in [-0.25, -0.2) is 4.79 Å². The number of benzene rings is 4. The Labute approximate surface area is 274 Å². The van der Waals surface area contributed by atoms with Crippen molar-refractivity contribution in [3.05, 3.63) is 125 Å². The molecule has 4 aromatic rings. The van der Waals surface area contributed by atoms with Crippen LogP contribution in [0.2, 0.25) is 0 Å². The van der Waals surface area contributed by atoms with Crippen molar-refractivity contribution < 1.29 is 39.5 Å². The second-order valence-electron chi connectivity index (χ2n) is 11.5. The number of nitrogens with zero attached hydrogens (tertiary/aromatic N) is 1. The van der Waals surface area contributed by atoms with Gasteiger partial charge in [0.05, 0.1) is 6.10 Å². The number of aliphatic hydroxyl groups is 2. The zero-order valence-corrected chi connectivity index (χ0v) is 26.6. The zero-order chi connectivity index (χ0) is 33.8. The summed E-state index contributed by atoms with van der Waals surface area (Å²) in [6.45, 7) is 1.04. The number of nitrogens with one attached hydrogen (secondary N) is 1. The molecule has 1 amide bonds. The van der Waals surface area contributed by atoms with Gasteiger partial charge in [0.1, 0.15) is 23.9 Å². The van der Waals surface area contributed by atoms with Gasteiger partial charge in [-0.05, 0) is 83.5 Å². The van der Waals surface area contributed by atoms with Gasteiger partial charge in [-0.3, -0.25) is 4.79 Å². The SMILES string of the molecule is CN(C)C(=O)COc1ccc2c(c1)C[C@@H](NC[C@H](O)c1ccc(OCc3ccccc3)cc1)CC2.O=C(O)[C@H](O)c1ccc(O)cc1. The minimum atomic E-state index is -1.52. The molecule has 0 aromatic heterocycles. The van der Waals surface area contributed by atoms with Crippen LogP contribution in [0, 0.1) is 0 Å². The molecular formula is C37H42N2O8. The van der Waals surface area contributed by atoms with E-state index in [1.165, 1.54) is 40.3 Å². The van der Waals surface area contributed by atoms with Crippen LogP contribution in [0.25, 0.3) is 0 Å². The number of ether oxygens (including phenoxy) is 2. The van der Waals surface area contributed by atoms with Crippen LogP contribution in [0.3, 0.4) is 0 Å². The number of hydrogen-bond donors (Lipinski definition) is 5. The lowest BCUT2D eigenvalue weighted by Crippen LogP contribution is -2.37. The zero-order valence-electron chi connectivity index (χ0n) is 26.6. The number of amides is 1. The molecule has 0 saturated heterocycles. The van der Waals surface area contributed by atoms with Crippen molar-refractivity contribution >= 4 is 11.9 Å². The fourth-order valence-electron chi connectivity index (χ4n) is 4.99. The highest BCUT2D eigenvalue weighted by atomic mass is 16.5. The number of fused-ring (bicyclic) bond motifs is 1. The molecule has 0 spiro atoms. The van der Waals surface area contributed by atoms with Gasteiger partial charge in [0, 0.05) is 26.7 Å². The summed E-state index contributed by atoms with van der Waals surface area (Å²) in [4.78, 5) is 23.6. The number of carbonyl (C=O) groups excluding carboxylic acids is 1. The number of phenolic OH excluding ortho intramolecular Hbond substituents is 1. The molecule has 248 valence electrons. The summed E-state index contributed by atoms with van der Waals surface area (Å²) in [7, 11) is 3.44. The van der Waals surface area contributed by atoms with E-state index in [9.17, 15) is 14.7 Å². The maximum Gasteiger partial charge on any atom is 0.337 e. The van der Waals surface area contributed by atoms with E-state index in [1.54, 1.807) is 14.1 Å². The number of aromatic hydroxyl groups is 1. The summed E-state index contributed by atoms with van der Waals surface area (Å²) < 4.78 is 11.5. The monoisotopic (exact) mass is 642 g/mol. The van der Waals surface area contributed by atoms with Crippen LogP contribution < -0.4 is 14.8 Å². The summed E-state index contributed by atoms with van der Waals surface area (Å²) in [5.74, 6) is 0.172. The Balaban J connectivity index is 0.000000351. The van der Waals surface area contributed by atoms with Gasteiger partial charge in [0.2, 0.25) is 0 Å². The predicted octanol–water partition coefficient (Wildman–Crippen LogP) is 4.42. The van der Waals surface area contributed by atoms with Gasteiger partial charge in [-0.15, -0.1) is 0 Å². The third kappa shape index (κ3) is 10.8. The number of hydrogen-bond acceptors (Lipinski definition) is 8. The number of likely N-dealkylation sites (N-methyl/N-ethyl adjacent to an activating group) is 1. The smallest absolute Gasteiger partial charge is 0.337 e. The number of aliphatic hydroxyl groups excluding tert-OH is 2. The van der Waals surface area contributed by atoms with Gasteiger partial charge in [0.25, 0.3) is 5.91 Å². The van der Waals surface area contributed by atoms with Crippen LogP contribution in [0.15, 0.2) is 97.1 Å². The molecule has 0 heterocycles. The van der Waals surface area contributed by atoms with Crippen LogP contribution in [0.1, 0.15) is 46.4 Å². The van der Waals surface area contributed by atoms with Crippen molar-refractivity contribution in [2.45, 2.75) is 44.1 Å². The normalized spacial score (nSPS) is 14.9. The van der Waals surface area contributed by atoms with Crippen LogP contribution in [0.4, 0.5) is 0 Å². The summed E-state index contributed by atoms with van der Waals surface area (Å²) in [6, 6.07) is 29.4. The Bertz CT molecular complexity index is 1580. The topological polar surface area (TPSA) is 149 Å².